The van der Waals surface area contributed by atoms with Gasteiger partial charge in [0.2, 0.25) is 0 Å². The molecule has 0 aliphatic rings. The van der Waals surface area contributed by atoms with Crippen LogP contribution in [0, 0.1) is 0 Å². The van der Waals surface area contributed by atoms with E-state index in [1.54, 1.807) is 6.20 Å². The number of halogens is 1. The zero-order chi connectivity index (χ0) is 13.1. The van der Waals surface area contributed by atoms with Crippen LogP contribution in [-0.2, 0) is 26.3 Å². The van der Waals surface area contributed by atoms with Crippen molar-refractivity contribution in [2.24, 2.45) is 7.05 Å². The minimum Gasteiger partial charge on any atom is -0.383 e. The van der Waals surface area contributed by atoms with Gasteiger partial charge in [-0.3, -0.25) is 4.68 Å². The van der Waals surface area contributed by atoms with E-state index in [1.807, 2.05) is 23.9 Å². The molecule has 0 radical (unpaired) electrons. The van der Waals surface area contributed by atoms with Gasteiger partial charge < -0.3 is 5.73 Å². The number of hydrogen-bond donors (Lipinski definition) is 1. The van der Waals surface area contributed by atoms with Crippen molar-refractivity contribution in [3.8, 4) is 0 Å². The van der Waals surface area contributed by atoms with Crippen LogP contribution in [0.1, 0.15) is 23.9 Å². The topological polar surface area (TPSA) is 56.7 Å². The standard InChI is InChI=1S/C13H17ClN4/c1-3-10-12(14)11(18(2)17-10)7-6-9-5-4-8-16-13(9)15/h4-5,8H,3,6-7H2,1-2H3,(H2,15,16). The smallest absolute Gasteiger partial charge is 0.126 e. The predicted molar refractivity (Wildman–Crippen MR) is 73.7 cm³/mol. The summed E-state index contributed by atoms with van der Waals surface area (Å²) in [5.74, 6) is 0.589. The van der Waals surface area contributed by atoms with Crippen LogP contribution in [0.15, 0.2) is 18.3 Å². The van der Waals surface area contributed by atoms with Gasteiger partial charge in [0.25, 0.3) is 0 Å². The maximum atomic E-state index is 6.31. The Labute approximate surface area is 112 Å². The maximum Gasteiger partial charge on any atom is 0.126 e. The molecule has 0 aromatic carbocycles. The van der Waals surface area contributed by atoms with E-state index < -0.39 is 0 Å². The van der Waals surface area contributed by atoms with E-state index in [2.05, 4.69) is 17.0 Å². The normalized spacial score (nSPS) is 10.8. The van der Waals surface area contributed by atoms with E-state index in [0.717, 1.165) is 41.2 Å². The number of nitrogen functional groups attached to an aromatic ring is 1. The minimum absolute atomic E-state index is 0.589. The molecule has 4 nitrogen and oxygen atoms in total. The molecule has 0 aliphatic carbocycles. The summed E-state index contributed by atoms with van der Waals surface area (Å²) in [5.41, 5.74) is 8.88. The Hall–Kier alpha value is -1.55. The molecule has 0 unspecified atom stereocenters. The molecule has 5 heteroatoms. The third kappa shape index (κ3) is 2.48. The lowest BCUT2D eigenvalue weighted by Crippen LogP contribution is -2.03. The molecule has 0 spiro atoms. The number of aromatic nitrogens is 3. The second kappa shape index (κ2) is 5.40. The Kier molecular flexibility index (Phi) is 3.87. The molecule has 0 amide bonds. The first-order valence-corrected chi connectivity index (χ1v) is 6.40. The molecule has 0 saturated heterocycles. The van der Waals surface area contributed by atoms with Gasteiger partial charge in [0, 0.05) is 13.2 Å². The van der Waals surface area contributed by atoms with Crippen LogP contribution in [0.2, 0.25) is 5.02 Å². The average Bonchev–Trinajstić information content (AvgIpc) is 2.64. The van der Waals surface area contributed by atoms with Crippen LogP contribution in [0.5, 0.6) is 0 Å². The third-order valence-electron chi connectivity index (χ3n) is 3.06. The van der Waals surface area contributed by atoms with E-state index in [0.29, 0.717) is 5.82 Å². The molecule has 18 heavy (non-hydrogen) atoms. The fraction of sp³-hybridized carbons (Fsp3) is 0.385. The molecule has 0 aliphatic heterocycles. The van der Waals surface area contributed by atoms with Gasteiger partial charge in [0.15, 0.2) is 0 Å². The van der Waals surface area contributed by atoms with Gasteiger partial charge in [-0.15, -0.1) is 0 Å². The predicted octanol–water partition coefficient (Wildman–Crippen LogP) is 2.40. The SMILES string of the molecule is CCc1nn(C)c(CCc2cccnc2N)c1Cl. The largest absolute Gasteiger partial charge is 0.383 e. The second-order valence-electron chi connectivity index (χ2n) is 4.23. The van der Waals surface area contributed by atoms with Crippen molar-refractivity contribution < 1.29 is 0 Å². The highest BCUT2D eigenvalue weighted by Crippen LogP contribution is 2.22. The van der Waals surface area contributed by atoms with Crippen molar-refractivity contribution in [3.05, 3.63) is 40.3 Å². The second-order valence-corrected chi connectivity index (χ2v) is 4.61. The van der Waals surface area contributed by atoms with Gasteiger partial charge >= 0.3 is 0 Å². The molecule has 0 fully saturated rings. The van der Waals surface area contributed by atoms with Gasteiger partial charge in [-0.25, -0.2) is 4.98 Å². The Bertz CT molecular complexity index is 548. The summed E-state index contributed by atoms with van der Waals surface area (Å²) in [5, 5.41) is 5.18. The van der Waals surface area contributed by atoms with Crippen molar-refractivity contribution in [1.82, 2.24) is 14.8 Å². The third-order valence-corrected chi connectivity index (χ3v) is 3.50. The molecule has 0 saturated carbocycles. The molecule has 2 aromatic heterocycles. The quantitative estimate of drug-likeness (QED) is 0.923. The van der Waals surface area contributed by atoms with Crippen molar-refractivity contribution in [1.29, 1.82) is 0 Å². The van der Waals surface area contributed by atoms with Gasteiger partial charge in [0.05, 0.1) is 16.4 Å². The number of nitrogens with two attached hydrogens (primary N) is 1. The van der Waals surface area contributed by atoms with Crippen molar-refractivity contribution in [3.63, 3.8) is 0 Å². The summed E-state index contributed by atoms with van der Waals surface area (Å²) in [7, 11) is 1.92. The Morgan fingerprint density at radius 3 is 2.78 bits per heavy atom. The first kappa shape index (κ1) is 12.9. The molecule has 2 rings (SSSR count). The van der Waals surface area contributed by atoms with Crippen molar-refractivity contribution in [2.45, 2.75) is 26.2 Å². The summed E-state index contributed by atoms with van der Waals surface area (Å²) in [6.07, 6.45) is 4.19. The van der Waals surface area contributed by atoms with E-state index in [-0.39, 0.29) is 0 Å². The zero-order valence-corrected chi connectivity index (χ0v) is 11.4. The van der Waals surface area contributed by atoms with Crippen LogP contribution in [-0.4, -0.2) is 14.8 Å². The number of hydrogen-bond acceptors (Lipinski definition) is 3. The van der Waals surface area contributed by atoms with E-state index in [1.165, 1.54) is 0 Å². The number of anilines is 1. The fourth-order valence-electron chi connectivity index (χ4n) is 2.01. The zero-order valence-electron chi connectivity index (χ0n) is 10.7. The van der Waals surface area contributed by atoms with Crippen LogP contribution in [0.4, 0.5) is 5.82 Å². The minimum atomic E-state index is 0.589. The van der Waals surface area contributed by atoms with Crippen LogP contribution in [0.25, 0.3) is 0 Å². The first-order chi connectivity index (χ1) is 8.63. The summed E-state index contributed by atoms with van der Waals surface area (Å²) in [6.45, 7) is 2.05. The summed E-state index contributed by atoms with van der Waals surface area (Å²) in [6, 6.07) is 3.89. The lowest BCUT2D eigenvalue weighted by molar-refractivity contribution is 0.692. The summed E-state index contributed by atoms with van der Waals surface area (Å²) < 4.78 is 1.85. The lowest BCUT2D eigenvalue weighted by Gasteiger charge is -2.05. The summed E-state index contributed by atoms with van der Waals surface area (Å²) >= 11 is 6.31. The molecular formula is C13H17ClN4. The van der Waals surface area contributed by atoms with Crippen molar-refractivity contribution in [2.75, 3.05) is 5.73 Å². The number of aryl methyl sites for hydroxylation is 3. The van der Waals surface area contributed by atoms with Crippen molar-refractivity contribution >= 4 is 17.4 Å². The lowest BCUT2D eigenvalue weighted by atomic mass is 10.1. The summed E-state index contributed by atoms with van der Waals surface area (Å²) in [4.78, 5) is 4.08. The van der Waals surface area contributed by atoms with E-state index >= 15 is 0 Å². The highest BCUT2D eigenvalue weighted by Gasteiger charge is 2.13. The number of rotatable bonds is 4. The highest BCUT2D eigenvalue weighted by molar-refractivity contribution is 6.31. The van der Waals surface area contributed by atoms with Gasteiger partial charge in [0.1, 0.15) is 5.82 Å². The van der Waals surface area contributed by atoms with Gasteiger partial charge in [-0.2, -0.15) is 5.10 Å². The van der Waals surface area contributed by atoms with Gasteiger partial charge in [-0.05, 0) is 30.9 Å². The Morgan fingerprint density at radius 1 is 1.39 bits per heavy atom. The molecule has 2 aromatic rings. The van der Waals surface area contributed by atoms with E-state index in [9.17, 15) is 0 Å². The molecule has 0 atom stereocenters. The highest BCUT2D eigenvalue weighted by atomic mass is 35.5. The molecule has 0 bridgehead atoms. The number of nitrogens with zero attached hydrogens (tertiary/aromatic N) is 3. The van der Waals surface area contributed by atoms with Crippen LogP contribution >= 0.6 is 11.6 Å². The van der Waals surface area contributed by atoms with E-state index in [4.69, 9.17) is 17.3 Å². The monoisotopic (exact) mass is 264 g/mol. The fourth-order valence-corrected chi connectivity index (χ4v) is 2.39. The maximum absolute atomic E-state index is 6.31. The Balaban J connectivity index is 2.16. The van der Waals surface area contributed by atoms with Gasteiger partial charge in [-0.1, -0.05) is 24.6 Å². The molecule has 2 N–H and O–H groups in total. The number of pyridine rings is 1. The van der Waals surface area contributed by atoms with Crippen LogP contribution < -0.4 is 5.73 Å². The van der Waals surface area contributed by atoms with Crippen LogP contribution in [0.3, 0.4) is 0 Å². The Morgan fingerprint density at radius 2 is 2.17 bits per heavy atom. The molecular weight excluding hydrogens is 248 g/mol. The first-order valence-electron chi connectivity index (χ1n) is 6.03. The molecule has 96 valence electrons. The average molecular weight is 265 g/mol. The molecule has 2 heterocycles.